The van der Waals surface area contributed by atoms with Crippen LogP contribution in [-0.2, 0) is 9.59 Å². The first kappa shape index (κ1) is 19.5. The number of amides is 2. The smallest absolute Gasteiger partial charge is 0.226 e. The molecule has 0 bridgehead atoms. The van der Waals surface area contributed by atoms with Gasteiger partial charge in [0.1, 0.15) is 5.75 Å². The first-order valence-corrected chi connectivity index (χ1v) is 9.98. The van der Waals surface area contributed by atoms with Crippen molar-refractivity contribution in [3.05, 3.63) is 24.3 Å². The second-order valence-corrected chi connectivity index (χ2v) is 7.57. The molecule has 1 heterocycles. The Morgan fingerprint density at radius 2 is 1.78 bits per heavy atom. The highest BCUT2D eigenvalue weighted by molar-refractivity contribution is 5.92. The van der Waals surface area contributed by atoms with Gasteiger partial charge in [0.05, 0.1) is 18.9 Å². The lowest BCUT2D eigenvalue weighted by molar-refractivity contribution is -0.137. The first-order valence-electron chi connectivity index (χ1n) is 9.98. The quantitative estimate of drug-likeness (QED) is 0.736. The summed E-state index contributed by atoms with van der Waals surface area (Å²) >= 11 is 0. The topological polar surface area (TPSA) is 53.1 Å². The fourth-order valence-corrected chi connectivity index (χ4v) is 3.74. The lowest BCUT2D eigenvalue weighted by Gasteiger charge is -2.36. The predicted molar refractivity (Wildman–Crippen MR) is 106 cm³/mol. The summed E-state index contributed by atoms with van der Waals surface area (Å²) in [5.74, 6) is 0.944. The van der Waals surface area contributed by atoms with Crippen molar-refractivity contribution in [2.75, 3.05) is 51.8 Å². The number of carbonyl (C=O) groups excluding carboxylic acids is 2. The van der Waals surface area contributed by atoms with Crippen molar-refractivity contribution >= 4 is 17.5 Å². The van der Waals surface area contributed by atoms with Gasteiger partial charge in [0.2, 0.25) is 11.8 Å². The second kappa shape index (κ2) is 8.63. The van der Waals surface area contributed by atoms with Crippen LogP contribution in [0.5, 0.6) is 5.75 Å². The van der Waals surface area contributed by atoms with Crippen molar-refractivity contribution in [2.45, 2.75) is 26.2 Å². The average Bonchev–Trinajstić information content (AvgIpc) is 3.52. The summed E-state index contributed by atoms with van der Waals surface area (Å²) in [5, 5.41) is 0. The van der Waals surface area contributed by atoms with Gasteiger partial charge in [-0.3, -0.25) is 9.59 Å². The summed E-state index contributed by atoms with van der Waals surface area (Å²) in [6.45, 7) is 5.97. The lowest BCUT2D eigenvalue weighted by Crippen LogP contribution is -2.49. The van der Waals surface area contributed by atoms with Crippen molar-refractivity contribution in [1.82, 2.24) is 9.80 Å². The lowest BCUT2D eigenvalue weighted by atomic mass is 10.2. The molecular formula is C21H31N3O3. The van der Waals surface area contributed by atoms with Gasteiger partial charge in [-0.1, -0.05) is 13.3 Å². The largest absolute Gasteiger partial charge is 0.497 e. The third-order valence-corrected chi connectivity index (χ3v) is 5.68. The molecule has 1 aliphatic heterocycles. The summed E-state index contributed by atoms with van der Waals surface area (Å²) in [4.78, 5) is 31.2. The molecule has 148 valence electrons. The molecule has 2 fully saturated rings. The number of methoxy groups -OCH3 is 1. The molecule has 6 heteroatoms. The summed E-state index contributed by atoms with van der Waals surface area (Å²) in [5.41, 5.74) is 1.15. The minimum atomic E-state index is -0.103. The summed E-state index contributed by atoms with van der Waals surface area (Å²) < 4.78 is 5.20. The van der Waals surface area contributed by atoms with Crippen molar-refractivity contribution in [3.63, 3.8) is 0 Å². The van der Waals surface area contributed by atoms with Crippen molar-refractivity contribution in [2.24, 2.45) is 11.8 Å². The van der Waals surface area contributed by atoms with Gasteiger partial charge < -0.3 is 19.4 Å². The van der Waals surface area contributed by atoms with Crippen LogP contribution in [0, 0.1) is 11.8 Å². The molecule has 1 saturated carbocycles. The van der Waals surface area contributed by atoms with Crippen LogP contribution in [0.4, 0.5) is 5.69 Å². The first-order chi connectivity index (χ1) is 13.0. The molecule has 6 nitrogen and oxygen atoms in total. The highest BCUT2D eigenvalue weighted by Crippen LogP contribution is 2.41. The van der Waals surface area contributed by atoms with Crippen molar-refractivity contribution < 1.29 is 14.3 Å². The molecule has 0 aromatic heterocycles. The fourth-order valence-electron chi connectivity index (χ4n) is 3.74. The number of carbonyl (C=O) groups is 2. The van der Waals surface area contributed by atoms with Crippen LogP contribution < -0.4 is 9.64 Å². The monoisotopic (exact) mass is 373 g/mol. The van der Waals surface area contributed by atoms with Crippen LogP contribution in [0.15, 0.2) is 24.3 Å². The molecule has 1 aromatic carbocycles. The molecule has 1 saturated heterocycles. The van der Waals surface area contributed by atoms with Crippen molar-refractivity contribution in [1.29, 1.82) is 0 Å². The zero-order valence-electron chi connectivity index (χ0n) is 16.7. The Hall–Kier alpha value is -2.24. The Morgan fingerprint density at radius 1 is 1.11 bits per heavy atom. The minimum absolute atomic E-state index is 0.0982. The number of hydrogen-bond donors (Lipinski definition) is 0. The van der Waals surface area contributed by atoms with E-state index in [9.17, 15) is 9.59 Å². The summed E-state index contributed by atoms with van der Waals surface area (Å²) in [7, 11) is 3.52. The molecular weight excluding hydrogens is 342 g/mol. The Morgan fingerprint density at radius 3 is 2.37 bits per heavy atom. The molecule has 2 unspecified atom stereocenters. The Kier molecular flexibility index (Phi) is 6.24. The summed E-state index contributed by atoms with van der Waals surface area (Å²) in [6.07, 6.45) is 2.80. The number of unbranched alkanes of at least 4 members (excludes halogenated alkanes) is 1. The van der Waals surface area contributed by atoms with Crippen LogP contribution >= 0.6 is 0 Å². The Balaban J connectivity index is 1.47. The molecule has 0 N–H and O–H groups in total. The maximum Gasteiger partial charge on any atom is 0.226 e. The van der Waals surface area contributed by atoms with E-state index in [1.807, 2.05) is 24.1 Å². The van der Waals surface area contributed by atoms with E-state index in [0.29, 0.717) is 19.5 Å². The second-order valence-electron chi connectivity index (χ2n) is 7.57. The van der Waals surface area contributed by atoms with E-state index >= 15 is 0 Å². The molecule has 27 heavy (non-hydrogen) atoms. The van der Waals surface area contributed by atoms with Gasteiger partial charge in [0.25, 0.3) is 0 Å². The Bertz CT molecular complexity index is 653. The maximum absolute atomic E-state index is 12.8. The van der Waals surface area contributed by atoms with Crippen LogP contribution in [0.1, 0.15) is 26.2 Å². The molecule has 0 spiro atoms. The highest BCUT2D eigenvalue weighted by Gasteiger charge is 2.50. The third-order valence-electron chi connectivity index (χ3n) is 5.68. The highest BCUT2D eigenvalue weighted by atomic mass is 16.5. The number of rotatable bonds is 7. The number of piperazine rings is 1. The zero-order chi connectivity index (χ0) is 19.4. The molecule has 2 amide bonds. The van der Waals surface area contributed by atoms with Gasteiger partial charge in [-0.05, 0) is 37.1 Å². The van der Waals surface area contributed by atoms with Crippen LogP contribution in [0.2, 0.25) is 0 Å². The molecule has 3 rings (SSSR count). The van der Waals surface area contributed by atoms with Gasteiger partial charge in [-0.15, -0.1) is 0 Å². The van der Waals surface area contributed by atoms with E-state index in [1.54, 1.807) is 12.0 Å². The van der Waals surface area contributed by atoms with E-state index in [4.69, 9.17) is 4.74 Å². The fraction of sp³-hybridized carbons (Fsp3) is 0.619. The van der Waals surface area contributed by atoms with Gasteiger partial charge in [0.15, 0.2) is 0 Å². The van der Waals surface area contributed by atoms with Gasteiger partial charge in [0, 0.05) is 45.5 Å². The van der Waals surface area contributed by atoms with E-state index < -0.39 is 0 Å². The van der Waals surface area contributed by atoms with Crippen molar-refractivity contribution in [3.8, 4) is 5.75 Å². The maximum atomic E-state index is 12.8. The van der Waals surface area contributed by atoms with Gasteiger partial charge in [-0.2, -0.15) is 0 Å². The van der Waals surface area contributed by atoms with Crippen LogP contribution in [0.25, 0.3) is 0 Å². The number of ether oxygens (including phenoxy) is 1. The number of nitrogens with zero attached hydrogens (tertiary/aromatic N) is 3. The normalized spacial score (nSPS) is 21.7. The molecule has 1 aliphatic carbocycles. The van der Waals surface area contributed by atoms with Crippen LogP contribution in [-0.4, -0.2) is 68.5 Å². The van der Waals surface area contributed by atoms with Gasteiger partial charge >= 0.3 is 0 Å². The molecule has 0 radical (unpaired) electrons. The number of hydrogen-bond acceptors (Lipinski definition) is 4. The zero-order valence-corrected chi connectivity index (χ0v) is 16.7. The summed E-state index contributed by atoms with van der Waals surface area (Å²) in [6, 6.07) is 8.03. The van der Waals surface area contributed by atoms with E-state index in [-0.39, 0.29) is 23.7 Å². The SMILES string of the molecule is CCCCN(C)C(=O)C1CC1C(=O)N1CCN(c2ccc(OC)cc2)CC1. The van der Waals surface area contributed by atoms with E-state index in [1.165, 1.54) is 0 Å². The molecule has 2 aliphatic rings. The number of anilines is 1. The Labute approximate surface area is 162 Å². The third kappa shape index (κ3) is 4.54. The molecule has 1 aromatic rings. The standard InChI is InChI=1S/C21H31N3O3/c1-4-5-10-22(2)20(25)18-15-19(18)21(26)24-13-11-23(12-14-24)16-6-8-17(27-3)9-7-16/h6-9,18-19H,4-5,10-15H2,1-3H3. The molecule has 2 atom stereocenters. The van der Waals surface area contributed by atoms with E-state index in [2.05, 4.69) is 24.0 Å². The van der Waals surface area contributed by atoms with Crippen LogP contribution in [0.3, 0.4) is 0 Å². The predicted octanol–water partition coefficient (Wildman–Crippen LogP) is 2.24. The number of benzene rings is 1. The minimum Gasteiger partial charge on any atom is -0.497 e. The van der Waals surface area contributed by atoms with Gasteiger partial charge in [-0.25, -0.2) is 0 Å². The average molecular weight is 373 g/mol. The van der Waals surface area contributed by atoms with E-state index in [0.717, 1.165) is 43.9 Å².